The summed E-state index contributed by atoms with van der Waals surface area (Å²) in [6.07, 6.45) is 0. The van der Waals surface area contributed by atoms with Crippen molar-refractivity contribution in [1.29, 1.82) is 0 Å². The molecule has 3 rings (SSSR count). The first kappa shape index (κ1) is 24.4. The molecule has 0 aliphatic heterocycles. The number of aromatic nitrogens is 3. The van der Waals surface area contributed by atoms with Gasteiger partial charge in [0.1, 0.15) is 12.4 Å². The van der Waals surface area contributed by atoms with E-state index in [0.29, 0.717) is 34.1 Å². The molecule has 7 nitrogen and oxygen atoms in total. The highest BCUT2D eigenvalue weighted by molar-refractivity contribution is 7.99. The molecule has 0 aliphatic carbocycles. The lowest BCUT2D eigenvalue weighted by Crippen LogP contribution is -2.29. The second-order valence-electron chi connectivity index (χ2n) is 7.23. The fraction of sp³-hybridized carbons (Fsp3) is 0.318. The van der Waals surface area contributed by atoms with Crippen LogP contribution in [0.25, 0.3) is 5.69 Å². The average molecular weight is 494 g/mol. The van der Waals surface area contributed by atoms with E-state index in [1.54, 1.807) is 24.3 Å². The molecule has 0 saturated carbocycles. The van der Waals surface area contributed by atoms with Crippen molar-refractivity contribution in [2.45, 2.75) is 18.1 Å². The van der Waals surface area contributed by atoms with Gasteiger partial charge in [0.15, 0.2) is 11.0 Å². The Labute approximate surface area is 202 Å². The minimum absolute atomic E-state index is 0.0337. The predicted molar refractivity (Wildman–Crippen MR) is 129 cm³/mol. The third-order valence-electron chi connectivity index (χ3n) is 4.73. The van der Waals surface area contributed by atoms with Gasteiger partial charge in [-0.2, -0.15) is 0 Å². The van der Waals surface area contributed by atoms with Gasteiger partial charge in [0, 0.05) is 15.7 Å². The maximum absolute atomic E-state index is 12.3. The Hall–Kier alpha value is -2.26. The molecule has 1 atom stereocenters. The topological polar surface area (TPSA) is 72.3 Å². The largest absolute Gasteiger partial charge is 0.492 e. The lowest BCUT2D eigenvalue weighted by molar-refractivity contribution is -0.118. The van der Waals surface area contributed by atoms with Gasteiger partial charge in [-0.25, -0.2) is 0 Å². The third kappa shape index (κ3) is 6.62. The van der Waals surface area contributed by atoms with Gasteiger partial charge in [0.05, 0.1) is 18.3 Å². The number of hydrogen-bond acceptors (Lipinski definition) is 6. The Morgan fingerprint density at radius 3 is 2.34 bits per heavy atom. The van der Waals surface area contributed by atoms with Gasteiger partial charge >= 0.3 is 0 Å². The van der Waals surface area contributed by atoms with E-state index in [2.05, 4.69) is 27.3 Å². The lowest BCUT2D eigenvalue weighted by Gasteiger charge is -2.20. The summed E-state index contributed by atoms with van der Waals surface area (Å²) in [4.78, 5) is 14.4. The van der Waals surface area contributed by atoms with Crippen LogP contribution in [0.2, 0.25) is 10.0 Å². The number of hydrogen-bond donors (Lipinski definition) is 1. The standard InChI is InChI=1S/C22H25Cl2N5O2S/c1-15(28(2)3)21-26-27-22(29(21)18-8-4-16(23)5-9-18)32-14-20(30)25-12-13-31-19-10-6-17(24)7-11-19/h4-11,15H,12-14H2,1-3H3,(H,25,30)/t15-/m0/s1. The van der Waals surface area contributed by atoms with Crippen molar-refractivity contribution >= 4 is 40.9 Å². The maximum atomic E-state index is 12.3. The van der Waals surface area contributed by atoms with Crippen LogP contribution in [0.4, 0.5) is 0 Å². The number of benzene rings is 2. The Bertz CT molecular complexity index is 1030. The van der Waals surface area contributed by atoms with Gasteiger partial charge in [0.25, 0.3) is 0 Å². The van der Waals surface area contributed by atoms with Crippen molar-refractivity contribution in [2.75, 3.05) is 33.0 Å². The highest BCUT2D eigenvalue weighted by Crippen LogP contribution is 2.27. The van der Waals surface area contributed by atoms with E-state index in [1.165, 1.54) is 11.8 Å². The molecular formula is C22H25Cl2N5O2S. The highest BCUT2D eigenvalue weighted by atomic mass is 35.5. The molecule has 0 unspecified atom stereocenters. The van der Waals surface area contributed by atoms with Gasteiger partial charge in [-0.05, 0) is 69.6 Å². The molecule has 3 aromatic rings. The summed E-state index contributed by atoms with van der Waals surface area (Å²) >= 11 is 13.2. The van der Waals surface area contributed by atoms with Gasteiger partial charge < -0.3 is 10.1 Å². The van der Waals surface area contributed by atoms with E-state index < -0.39 is 0 Å². The fourth-order valence-corrected chi connectivity index (χ4v) is 3.82. The SMILES string of the molecule is C[C@@H](c1nnc(SCC(=O)NCCOc2ccc(Cl)cc2)n1-c1ccc(Cl)cc1)N(C)C. The minimum Gasteiger partial charge on any atom is -0.492 e. The van der Waals surface area contributed by atoms with Crippen LogP contribution in [0.1, 0.15) is 18.8 Å². The van der Waals surface area contributed by atoms with Gasteiger partial charge in [0.2, 0.25) is 5.91 Å². The molecule has 0 fully saturated rings. The van der Waals surface area contributed by atoms with E-state index in [4.69, 9.17) is 27.9 Å². The Morgan fingerprint density at radius 1 is 1.09 bits per heavy atom. The summed E-state index contributed by atoms with van der Waals surface area (Å²) in [5.41, 5.74) is 0.891. The van der Waals surface area contributed by atoms with Crippen LogP contribution < -0.4 is 10.1 Å². The van der Waals surface area contributed by atoms with Gasteiger partial charge in [-0.3, -0.25) is 14.3 Å². The number of ether oxygens (including phenoxy) is 1. The molecule has 1 amide bonds. The second kappa shape index (κ2) is 11.6. The average Bonchev–Trinajstić information content (AvgIpc) is 3.20. The van der Waals surface area contributed by atoms with E-state index >= 15 is 0 Å². The van der Waals surface area contributed by atoms with E-state index in [-0.39, 0.29) is 17.7 Å². The zero-order valence-electron chi connectivity index (χ0n) is 18.1. The van der Waals surface area contributed by atoms with Crippen molar-refractivity contribution < 1.29 is 9.53 Å². The van der Waals surface area contributed by atoms with Crippen LogP contribution >= 0.6 is 35.0 Å². The number of halogens is 2. The second-order valence-corrected chi connectivity index (χ2v) is 9.05. The van der Waals surface area contributed by atoms with Crippen LogP contribution in [0.3, 0.4) is 0 Å². The Morgan fingerprint density at radius 2 is 1.72 bits per heavy atom. The molecule has 1 aromatic heterocycles. The molecule has 10 heteroatoms. The van der Waals surface area contributed by atoms with Crippen LogP contribution in [-0.4, -0.2) is 58.6 Å². The zero-order valence-corrected chi connectivity index (χ0v) is 20.4. The number of nitrogens with one attached hydrogen (secondary N) is 1. The molecule has 1 N–H and O–H groups in total. The molecule has 0 bridgehead atoms. The summed E-state index contributed by atoms with van der Waals surface area (Å²) in [5.74, 6) is 1.60. The molecule has 170 valence electrons. The molecule has 0 spiro atoms. The van der Waals surface area contributed by atoms with Gasteiger partial charge in [-0.15, -0.1) is 10.2 Å². The number of amides is 1. The summed E-state index contributed by atoms with van der Waals surface area (Å²) in [6, 6.07) is 14.6. The van der Waals surface area contributed by atoms with E-state index in [1.807, 2.05) is 42.9 Å². The first-order valence-corrected chi connectivity index (χ1v) is 11.7. The molecular weight excluding hydrogens is 469 g/mol. The highest BCUT2D eigenvalue weighted by Gasteiger charge is 2.21. The van der Waals surface area contributed by atoms with Crippen LogP contribution in [0.5, 0.6) is 5.75 Å². The Kier molecular flexibility index (Phi) is 8.81. The molecule has 0 radical (unpaired) electrons. The predicted octanol–water partition coefficient (Wildman–Crippen LogP) is 4.48. The number of rotatable bonds is 10. The molecule has 0 aliphatic rings. The minimum atomic E-state index is -0.109. The van der Waals surface area contributed by atoms with Crippen LogP contribution in [0.15, 0.2) is 53.7 Å². The van der Waals surface area contributed by atoms with Crippen molar-refractivity contribution in [3.63, 3.8) is 0 Å². The fourth-order valence-electron chi connectivity index (χ4n) is 2.78. The van der Waals surface area contributed by atoms with Crippen molar-refractivity contribution in [3.8, 4) is 11.4 Å². The van der Waals surface area contributed by atoms with Crippen molar-refractivity contribution in [1.82, 2.24) is 25.0 Å². The first-order valence-electron chi connectivity index (χ1n) is 10.0. The molecule has 2 aromatic carbocycles. The third-order valence-corrected chi connectivity index (χ3v) is 6.16. The quantitative estimate of drug-likeness (QED) is 0.331. The first-order chi connectivity index (χ1) is 15.3. The summed E-state index contributed by atoms with van der Waals surface area (Å²) in [6.45, 7) is 2.82. The zero-order chi connectivity index (χ0) is 23.1. The number of nitrogens with zero attached hydrogens (tertiary/aromatic N) is 4. The Balaban J connectivity index is 1.59. The van der Waals surface area contributed by atoms with E-state index in [9.17, 15) is 4.79 Å². The molecule has 32 heavy (non-hydrogen) atoms. The summed E-state index contributed by atoms with van der Waals surface area (Å²) in [5, 5.41) is 13.5. The smallest absolute Gasteiger partial charge is 0.230 e. The monoisotopic (exact) mass is 493 g/mol. The van der Waals surface area contributed by atoms with Gasteiger partial charge in [-0.1, -0.05) is 35.0 Å². The summed E-state index contributed by atoms with van der Waals surface area (Å²) < 4.78 is 7.55. The summed E-state index contributed by atoms with van der Waals surface area (Å²) in [7, 11) is 3.97. The normalized spacial score (nSPS) is 12.1. The number of thioether (sulfide) groups is 1. The number of carbonyl (C=O) groups excluding carboxylic acids is 1. The number of carbonyl (C=O) groups is 1. The van der Waals surface area contributed by atoms with Crippen molar-refractivity contribution in [2.24, 2.45) is 0 Å². The van der Waals surface area contributed by atoms with Crippen LogP contribution in [0, 0.1) is 0 Å². The van der Waals surface area contributed by atoms with Crippen LogP contribution in [-0.2, 0) is 4.79 Å². The lowest BCUT2D eigenvalue weighted by atomic mass is 10.2. The molecule has 0 saturated heterocycles. The maximum Gasteiger partial charge on any atom is 0.230 e. The van der Waals surface area contributed by atoms with E-state index in [0.717, 1.165) is 11.5 Å². The molecule has 1 heterocycles. The van der Waals surface area contributed by atoms with Crippen molar-refractivity contribution in [3.05, 3.63) is 64.4 Å².